The first kappa shape index (κ1) is 16.9. The molecule has 0 spiro atoms. The van der Waals surface area contributed by atoms with Crippen LogP contribution in [0.3, 0.4) is 0 Å². The zero-order valence-electron chi connectivity index (χ0n) is 13.4. The van der Waals surface area contributed by atoms with Crippen molar-refractivity contribution in [1.29, 1.82) is 0 Å². The van der Waals surface area contributed by atoms with Crippen molar-refractivity contribution in [2.45, 2.75) is 6.42 Å². The minimum Gasteiger partial charge on any atom is -0.354 e. The van der Waals surface area contributed by atoms with Gasteiger partial charge in [-0.25, -0.2) is 9.97 Å². The summed E-state index contributed by atoms with van der Waals surface area (Å²) < 4.78 is 0. The number of anilines is 2. The normalized spacial score (nSPS) is 10.3. The summed E-state index contributed by atoms with van der Waals surface area (Å²) in [5, 5.41) is 6.65. The van der Waals surface area contributed by atoms with Gasteiger partial charge in [0.1, 0.15) is 0 Å². The first-order valence-corrected chi connectivity index (χ1v) is 8.25. The Balaban J connectivity index is 1.52. The number of benzene rings is 2. The van der Waals surface area contributed by atoms with E-state index in [9.17, 15) is 4.79 Å². The van der Waals surface area contributed by atoms with Crippen molar-refractivity contribution < 1.29 is 4.79 Å². The number of nitrogens with zero attached hydrogens (tertiary/aromatic N) is 2. The van der Waals surface area contributed by atoms with Crippen LogP contribution in [0.1, 0.15) is 15.9 Å². The molecule has 0 saturated heterocycles. The summed E-state index contributed by atoms with van der Waals surface area (Å²) in [6.07, 6.45) is 3.82. The van der Waals surface area contributed by atoms with Crippen LogP contribution < -0.4 is 10.6 Å². The fourth-order valence-electron chi connectivity index (χ4n) is 2.27. The third kappa shape index (κ3) is 5.02. The van der Waals surface area contributed by atoms with Crippen LogP contribution in [0.5, 0.6) is 0 Å². The van der Waals surface area contributed by atoms with E-state index in [4.69, 9.17) is 11.6 Å². The van der Waals surface area contributed by atoms with Crippen LogP contribution in [-0.2, 0) is 6.42 Å². The highest BCUT2D eigenvalue weighted by atomic mass is 35.5. The van der Waals surface area contributed by atoms with Crippen LogP contribution in [0.25, 0.3) is 0 Å². The molecule has 1 heterocycles. The largest absolute Gasteiger partial charge is 0.354 e. The highest BCUT2D eigenvalue weighted by Crippen LogP contribution is 2.11. The van der Waals surface area contributed by atoms with Crippen LogP contribution in [0.4, 0.5) is 11.6 Å². The number of hydrogen-bond donors (Lipinski definition) is 2. The molecule has 0 aliphatic carbocycles. The Labute approximate surface area is 151 Å². The molecule has 0 unspecified atom stereocenters. The van der Waals surface area contributed by atoms with E-state index < -0.39 is 0 Å². The van der Waals surface area contributed by atoms with E-state index in [1.165, 1.54) is 12.4 Å². The molecule has 25 heavy (non-hydrogen) atoms. The molecule has 5 nitrogen and oxygen atoms in total. The molecule has 0 fully saturated rings. The van der Waals surface area contributed by atoms with Gasteiger partial charge in [-0.15, -0.1) is 0 Å². The minimum atomic E-state index is -0.239. The average Bonchev–Trinajstić information content (AvgIpc) is 2.63. The molecule has 0 radical (unpaired) electrons. The molecular formula is C19H17ClN4O. The van der Waals surface area contributed by atoms with E-state index in [0.29, 0.717) is 18.1 Å². The smallest absolute Gasteiger partial charge is 0.258 e. The molecule has 6 heteroatoms. The number of nitrogens with one attached hydrogen (secondary N) is 2. The number of rotatable bonds is 6. The number of amides is 1. The molecule has 0 aliphatic heterocycles. The topological polar surface area (TPSA) is 66.9 Å². The van der Waals surface area contributed by atoms with Crippen LogP contribution in [0.15, 0.2) is 67.0 Å². The van der Waals surface area contributed by atoms with Crippen molar-refractivity contribution in [3.8, 4) is 0 Å². The highest BCUT2D eigenvalue weighted by molar-refractivity contribution is 6.30. The second-order valence-electron chi connectivity index (χ2n) is 5.42. The fourth-order valence-corrected chi connectivity index (χ4v) is 2.49. The minimum absolute atomic E-state index is 0.239. The maximum atomic E-state index is 12.1. The second-order valence-corrected chi connectivity index (χ2v) is 5.86. The first-order valence-electron chi connectivity index (χ1n) is 7.87. The lowest BCUT2D eigenvalue weighted by molar-refractivity contribution is 0.102. The van der Waals surface area contributed by atoms with Gasteiger partial charge in [0.15, 0.2) is 0 Å². The van der Waals surface area contributed by atoms with Gasteiger partial charge in [0, 0.05) is 29.6 Å². The second kappa shape index (κ2) is 8.26. The van der Waals surface area contributed by atoms with Gasteiger partial charge in [-0.1, -0.05) is 41.9 Å². The Kier molecular flexibility index (Phi) is 5.59. The van der Waals surface area contributed by atoms with Crippen LogP contribution >= 0.6 is 11.6 Å². The fraction of sp³-hybridized carbons (Fsp3) is 0.105. The van der Waals surface area contributed by atoms with Gasteiger partial charge in [-0.05, 0) is 36.2 Å². The molecule has 0 saturated carbocycles. The molecule has 0 aliphatic rings. The number of halogens is 1. The predicted octanol–water partition coefficient (Wildman–Crippen LogP) is 4.04. The molecule has 1 amide bonds. The molecule has 3 aromatic rings. The van der Waals surface area contributed by atoms with E-state index in [2.05, 4.69) is 20.6 Å². The monoisotopic (exact) mass is 352 g/mol. The maximum Gasteiger partial charge on any atom is 0.258 e. The molecular weight excluding hydrogens is 336 g/mol. The third-order valence-electron chi connectivity index (χ3n) is 3.53. The van der Waals surface area contributed by atoms with E-state index in [-0.39, 0.29) is 5.91 Å². The molecule has 2 N–H and O–H groups in total. The van der Waals surface area contributed by atoms with Crippen LogP contribution in [-0.4, -0.2) is 22.4 Å². The van der Waals surface area contributed by atoms with Gasteiger partial charge in [-0.2, -0.15) is 0 Å². The van der Waals surface area contributed by atoms with Gasteiger partial charge in [0.2, 0.25) is 5.95 Å². The Bertz CT molecular complexity index is 838. The molecule has 126 valence electrons. The van der Waals surface area contributed by atoms with Crippen molar-refractivity contribution in [3.05, 3.63) is 83.1 Å². The number of para-hydroxylation sites is 1. The Morgan fingerprint density at radius 1 is 1.00 bits per heavy atom. The van der Waals surface area contributed by atoms with E-state index >= 15 is 0 Å². The standard InChI is InChI=1S/C19H17ClN4O/c20-16-6-4-5-14(11-16)9-10-21-19-22-12-15(13-23-19)18(25)24-17-7-2-1-3-8-17/h1-8,11-13H,9-10H2,(H,24,25)(H,21,22,23). The molecule has 2 aromatic carbocycles. The Morgan fingerprint density at radius 2 is 1.76 bits per heavy atom. The third-order valence-corrected chi connectivity index (χ3v) is 3.77. The lowest BCUT2D eigenvalue weighted by atomic mass is 10.1. The summed E-state index contributed by atoms with van der Waals surface area (Å²) in [7, 11) is 0. The predicted molar refractivity (Wildman–Crippen MR) is 100 cm³/mol. The lowest BCUT2D eigenvalue weighted by Gasteiger charge is -2.07. The van der Waals surface area contributed by atoms with Crippen molar-refractivity contribution in [2.75, 3.05) is 17.2 Å². The number of aromatic nitrogens is 2. The zero-order chi connectivity index (χ0) is 17.5. The zero-order valence-corrected chi connectivity index (χ0v) is 14.2. The van der Waals surface area contributed by atoms with Crippen molar-refractivity contribution >= 4 is 29.1 Å². The molecule has 0 bridgehead atoms. The van der Waals surface area contributed by atoms with E-state index in [1.807, 2.05) is 54.6 Å². The Morgan fingerprint density at radius 3 is 2.48 bits per heavy atom. The molecule has 0 atom stereocenters. The van der Waals surface area contributed by atoms with E-state index in [1.54, 1.807) is 0 Å². The van der Waals surface area contributed by atoms with Crippen LogP contribution in [0, 0.1) is 0 Å². The van der Waals surface area contributed by atoms with Crippen molar-refractivity contribution in [1.82, 2.24) is 9.97 Å². The van der Waals surface area contributed by atoms with Gasteiger partial charge < -0.3 is 10.6 Å². The summed E-state index contributed by atoms with van der Waals surface area (Å²) in [6.45, 7) is 0.676. The van der Waals surface area contributed by atoms with Crippen molar-refractivity contribution in [3.63, 3.8) is 0 Å². The van der Waals surface area contributed by atoms with Crippen LogP contribution in [0.2, 0.25) is 5.02 Å². The van der Waals surface area contributed by atoms with Gasteiger partial charge in [0.25, 0.3) is 5.91 Å². The summed E-state index contributed by atoms with van der Waals surface area (Å²) in [5.41, 5.74) is 2.28. The Hall–Kier alpha value is -2.92. The molecule has 1 aromatic heterocycles. The average molecular weight is 353 g/mol. The lowest BCUT2D eigenvalue weighted by Crippen LogP contribution is -2.14. The summed E-state index contributed by atoms with van der Waals surface area (Å²) in [5.74, 6) is 0.245. The number of carbonyl (C=O) groups excluding carboxylic acids is 1. The number of hydrogen-bond acceptors (Lipinski definition) is 4. The summed E-state index contributed by atoms with van der Waals surface area (Å²) >= 11 is 5.96. The summed E-state index contributed by atoms with van der Waals surface area (Å²) in [6, 6.07) is 17.0. The van der Waals surface area contributed by atoms with Gasteiger partial charge >= 0.3 is 0 Å². The maximum absolute atomic E-state index is 12.1. The number of carbonyl (C=O) groups is 1. The summed E-state index contributed by atoms with van der Waals surface area (Å²) in [4.78, 5) is 20.5. The SMILES string of the molecule is O=C(Nc1ccccc1)c1cnc(NCCc2cccc(Cl)c2)nc1. The first-order chi connectivity index (χ1) is 12.2. The molecule has 3 rings (SSSR count). The van der Waals surface area contributed by atoms with E-state index in [0.717, 1.165) is 22.7 Å². The van der Waals surface area contributed by atoms with Crippen molar-refractivity contribution in [2.24, 2.45) is 0 Å². The van der Waals surface area contributed by atoms with Gasteiger partial charge in [0.05, 0.1) is 5.56 Å². The highest BCUT2D eigenvalue weighted by Gasteiger charge is 2.07. The quantitative estimate of drug-likeness (QED) is 0.702. The van der Waals surface area contributed by atoms with Gasteiger partial charge in [-0.3, -0.25) is 4.79 Å².